The molecule has 1 saturated heterocycles. The highest BCUT2D eigenvalue weighted by Gasteiger charge is 2.20. The highest BCUT2D eigenvalue weighted by molar-refractivity contribution is 5.54. The normalized spacial score (nSPS) is 18.6. The van der Waals surface area contributed by atoms with Gasteiger partial charge < -0.3 is 19.5 Å². The van der Waals surface area contributed by atoms with Crippen LogP contribution >= 0.6 is 0 Å². The number of hydrogen-bond acceptors (Lipinski definition) is 4. The van der Waals surface area contributed by atoms with E-state index in [0.717, 1.165) is 30.2 Å². The molecule has 0 aromatic heterocycles. The summed E-state index contributed by atoms with van der Waals surface area (Å²) in [5.74, 6) is 2.30. The van der Waals surface area contributed by atoms with Crippen LogP contribution in [0.1, 0.15) is 58.1 Å². The molecule has 0 bridgehead atoms. The molecule has 1 aliphatic rings. The second-order valence-corrected chi connectivity index (χ2v) is 5.50. The fourth-order valence-electron chi connectivity index (χ4n) is 2.92. The largest absolute Gasteiger partial charge is 0.490 e. The van der Waals surface area contributed by atoms with Gasteiger partial charge >= 0.3 is 0 Å². The Morgan fingerprint density at radius 1 is 0.909 bits per heavy atom. The van der Waals surface area contributed by atoms with Crippen molar-refractivity contribution in [2.45, 2.75) is 52.5 Å². The molecule has 0 saturated carbocycles. The Kier molecular flexibility index (Phi) is 6.84. The van der Waals surface area contributed by atoms with E-state index in [4.69, 9.17) is 14.2 Å². The Morgan fingerprint density at radius 2 is 1.55 bits per heavy atom. The van der Waals surface area contributed by atoms with Crippen LogP contribution in [0.3, 0.4) is 0 Å². The molecule has 4 heteroatoms. The molecule has 1 aliphatic heterocycles. The molecule has 1 aromatic rings. The highest BCUT2D eigenvalue weighted by Crippen LogP contribution is 2.41. The minimum Gasteiger partial charge on any atom is -0.490 e. The summed E-state index contributed by atoms with van der Waals surface area (Å²) in [5.41, 5.74) is 1.23. The summed E-state index contributed by atoms with van der Waals surface area (Å²) in [6.07, 6.45) is 4.98. The van der Waals surface area contributed by atoms with Crippen molar-refractivity contribution in [1.29, 1.82) is 0 Å². The molecule has 1 N–H and O–H groups in total. The van der Waals surface area contributed by atoms with Crippen molar-refractivity contribution >= 4 is 0 Å². The molecule has 1 atom stereocenters. The molecule has 22 heavy (non-hydrogen) atoms. The van der Waals surface area contributed by atoms with Crippen molar-refractivity contribution in [3.8, 4) is 17.2 Å². The average molecular weight is 307 g/mol. The molecule has 1 aromatic carbocycles. The average Bonchev–Trinajstić information content (AvgIpc) is 2.80. The molecule has 0 spiro atoms. The lowest BCUT2D eigenvalue weighted by Gasteiger charge is -2.21. The Labute approximate surface area is 134 Å². The third-order valence-electron chi connectivity index (χ3n) is 3.89. The van der Waals surface area contributed by atoms with E-state index < -0.39 is 0 Å². The van der Waals surface area contributed by atoms with Gasteiger partial charge in [0.1, 0.15) is 0 Å². The number of rotatable bonds is 7. The fraction of sp³-hybridized carbons (Fsp3) is 0.667. The molecule has 1 heterocycles. The quantitative estimate of drug-likeness (QED) is 0.823. The van der Waals surface area contributed by atoms with E-state index in [1.165, 1.54) is 24.8 Å². The minimum atomic E-state index is 0.372. The van der Waals surface area contributed by atoms with Gasteiger partial charge in [0.05, 0.1) is 19.8 Å². The summed E-state index contributed by atoms with van der Waals surface area (Å²) in [7, 11) is 0. The second-order valence-electron chi connectivity index (χ2n) is 5.50. The lowest BCUT2D eigenvalue weighted by atomic mass is 10.0. The van der Waals surface area contributed by atoms with Gasteiger partial charge in [0.15, 0.2) is 11.5 Å². The van der Waals surface area contributed by atoms with Crippen molar-refractivity contribution < 1.29 is 14.2 Å². The Hall–Kier alpha value is -1.42. The molecule has 0 aliphatic carbocycles. The molecule has 0 radical (unpaired) electrons. The zero-order valence-electron chi connectivity index (χ0n) is 14.1. The first kappa shape index (κ1) is 16.9. The predicted molar refractivity (Wildman–Crippen MR) is 89.2 cm³/mol. The van der Waals surface area contributed by atoms with Gasteiger partial charge in [0.25, 0.3) is 0 Å². The van der Waals surface area contributed by atoms with Crippen LogP contribution < -0.4 is 19.5 Å². The van der Waals surface area contributed by atoms with Crippen molar-refractivity contribution in [3.05, 3.63) is 17.7 Å². The van der Waals surface area contributed by atoms with Crippen LogP contribution in [-0.2, 0) is 0 Å². The third kappa shape index (κ3) is 4.29. The van der Waals surface area contributed by atoms with Gasteiger partial charge in [-0.05, 0) is 57.9 Å². The zero-order chi connectivity index (χ0) is 15.8. The maximum atomic E-state index is 5.81. The Bertz CT molecular complexity index is 427. The van der Waals surface area contributed by atoms with Crippen LogP contribution in [0.4, 0.5) is 0 Å². The molecule has 124 valence electrons. The van der Waals surface area contributed by atoms with Crippen LogP contribution in [0.2, 0.25) is 0 Å². The van der Waals surface area contributed by atoms with Gasteiger partial charge in [-0.2, -0.15) is 0 Å². The van der Waals surface area contributed by atoms with Gasteiger partial charge in [0.2, 0.25) is 5.75 Å². The standard InChI is InChI=1S/C18H29NO3/c1-4-20-16-12-14(15-10-8-7-9-11-19-15)13-17(21-5-2)18(16)22-6-3/h12-13,15,19H,4-11H2,1-3H3. The highest BCUT2D eigenvalue weighted by atomic mass is 16.5. The van der Waals surface area contributed by atoms with Crippen LogP contribution in [0.5, 0.6) is 17.2 Å². The van der Waals surface area contributed by atoms with Gasteiger partial charge in [-0.25, -0.2) is 0 Å². The number of hydrogen-bond donors (Lipinski definition) is 1. The summed E-state index contributed by atoms with van der Waals surface area (Å²) in [6.45, 7) is 8.87. The van der Waals surface area contributed by atoms with Gasteiger partial charge in [0, 0.05) is 6.04 Å². The number of ether oxygens (including phenoxy) is 3. The maximum Gasteiger partial charge on any atom is 0.203 e. The Morgan fingerprint density at radius 3 is 2.14 bits per heavy atom. The maximum absolute atomic E-state index is 5.81. The molecule has 1 unspecified atom stereocenters. The first-order valence-electron chi connectivity index (χ1n) is 8.59. The van der Waals surface area contributed by atoms with Crippen molar-refractivity contribution in [3.63, 3.8) is 0 Å². The van der Waals surface area contributed by atoms with Crippen molar-refractivity contribution in [2.24, 2.45) is 0 Å². The zero-order valence-corrected chi connectivity index (χ0v) is 14.1. The van der Waals surface area contributed by atoms with Crippen LogP contribution in [0, 0.1) is 0 Å². The van der Waals surface area contributed by atoms with Gasteiger partial charge in [-0.1, -0.05) is 12.8 Å². The van der Waals surface area contributed by atoms with Crippen LogP contribution in [0.15, 0.2) is 12.1 Å². The molecule has 1 fully saturated rings. The summed E-state index contributed by atoms with van der Waals surface area (Å²) in [6, 6.07) is 4.59. The van der Waals surface area contributed by atoms with Crippen LogP contribution in [0.25, 0.3) is 0 Å². The first-order valence-corrected chi connectivity index (χ1v) is 8.59. The molecule has 2 rings (SSSR count). The van der Waals surface area contributed by atoms with E-state index in [-0.39, 0.29) is 0 Å². The van der Waals surface area contributed by atoms with E-state index in [0.29, 0.717) is 25.9 Å². The number of nitrogens with one attached hydrogen (secondary N) is 1. The van der Waals surface area contributed by atoms with Crippen molar-refractivity contribution in [2.75, 3.05) is 26.4 Å². The SMILES string of the molecule is CCOc1cc(C2CCCCCN2)cc(OCC)c1OCC. The van der Waals surface area contributed by atoms with Crippen LogP contribution in [-0.4, -0.2) is 26.4 Å². The predicted octanol–water partition coefficient (Wildman–Crippen LogP) is 4.09. The molecule has 0 amide bonds. The van der Waals surface area contributed by atoms with E-state index in [2.05, 4.69) is 17.4 Å². The lowest BCUT2D eigenvalue weighted by molar-refractivity contribution is 0.260. The monoisotopic (exact) mass is 307 g/mol. The number of benzene rings is 1. The second kappa shape index (κ2) is 8.89. The minimum absolute atomic E-state index is 0.372. The van der Waals surface area contributed by atoms with E-state index in [1.807, 2.05) is 20.8 Å². The lowest BCUT2D eigenvalue weighted by Crippen LogP contribution is -2.20. The smallest absolute Gasteiger partial charge is 0.203 e. The molecule has 4 nitrogen and oxygen atoms in total. The summed E-state index contributed by atoms with van der Waals surface area (Å²) in [5, 5.41) is 3.64. The fourth-order valence-corrected chi connectivity index (χ4v) is 2.92. The molecular formula is C18H29NO3. The van der Waals surface area contributed by atoms with E-state index in [9.17, 15) is 0 Å². The summed E-state index contributed by atoms with van der Waals surface area (Å²) >= 11 is 0. The molecular weight excluding hydrogens is 278 g/mol. The van der Waals surface area contributed by atoms with E-state index >= 15 is 0 Å². The van der Waals surface area contributed by atoms with Gasteiger partial charge in [-0.3, -0.25) is 0 Å². The Balaban J connectivity index is 2.36. The first-order chi connectivity index (χ1) is 10.8. The summed E-state index contributed by atoms with van der Waals surface area (Å²) < 4.78 is 17.4. The topological polar surface area (TPSA) is 39.7 Å². The van der Waals surface area contributed by atoms with E-state index in [1.54, 1.807) is 0 Å². The third-order valence-corrected chi connectivity index (χ3v) is 3.89. The van der Waals surface area contributed by atoms with Gasteiger partial charge in [-0.15, -0.1) is 0 Å². The summed E-state index contributed by atoms with van der Waals surface area (Å²) in [4.78, 5) is 0. The van der Waals surface area contributed by atoms with Crippen molar-refractivity contribution in [1.82, 2.24) is 5.32 Å².